The second-order valence-corrected chi connectivity index (χ2v) is 9.58. The van der Waals surface area contributed by atoms with E-state index in [1.165, 1.54) is 24.6 Å². The van der Waals surface area contributed by atoms with E-state index in [1.54, 1.807) is 17.7 Å². The summed E-state index contributed by atoms with van der Waals surface area (Å²) in [5, 5.41) is 2.26. The number of nitrogens with zero attached hydrogens (tertiary/aromatic N) is 3. The second-order valence-electron chi connectivity index (χ2n) is 9.14. The number of carbonyl (C=O) groups excluding carboxylic acids is 1. The molecule has 1 saturated heterocycles. The molecule has 0 radical (unpaired) electrons. The molecule has 2 atom stereocenters. The lowest BCUT2D eigenvalue weighted by Gasteiger charge is -2.32. The Labute approximate surface area is 206 Å². The summed E-state index contributed by atoms with van der Waals surface area (Å²) >= 11 is 5.86. The van der Waals surface area contributed by atoms with Crippen molar-refractivity contribution in [1.29, 1.82) is 0 Å². The van der Waals surface area contributed by atoms with Gasteiger partial charge in [0, 0.05) is 19.2 Å². The average Bonchev–Trinajstić information content (AvgIpc) is 3.59. The van der Waals surface area contributed by atoms with E-state index in [1.807, 2.05) is 0 Å². The van der Waals surface area contributed by atoms with E-state index in [0.717, 1.165) is 32.4 Å². The molecule has 1 aliphatic heterocycles. The van der Waals surface area contributed by atoms with Gasteiger partial charge < -0.3 is 15.0 Å². The SMILES string of the molecule is O=C(Cc1ccc(OCCC2C[C@@H]2C2CCN(c3ncc(Cl)cn3)CC2)cc1F)NCC(F)(F)F. The summed E-state index contributed by atoms with van der Waals surface area (Å²) in [4.78, 5) is 22.4. The number of anilines is 1. The van der Waals surface area contributed by atoms with E-state index >= 15 is 0 Å². The van der Waals surface area contributed by atoms with E-state index in [4.69, 9.17) is 16.3 Å². The first-order valence-electron chi connectivity index (χ1n) is 11.6. The number of halogens is 5. The van der Waals surface area contributed by atoms with Crippen molar-refractivity contribution >= 4 is 23.5 Å². The van der Waals surface area contributed by atoms with Crippen molar-refractivity contribution in [2.24, 2.45) is 17.8 Å². The molecule has 11 heteroatoms. The van der Waals surface area contributed by atoms with Gasteiger partial charge in [0.15, 0.2) is 0 Å². The third-order valence-electron chi connectivity index (χ3n) is 6.63. The third-order valence-corrected chi connectivity index (χ3v) is 6.83. The number of carbonyl (C=O) groups is 1. The van der Waals surface area contributed by atoms with Gasteiger partial charge in [0.25, 0.3) is 0 Å². The van der Waals surface area contributed by atoms with Crippen LogP contribution in [0.4, 0.5) is 23.5 Å². The number of amides is 1. The van der Waals surface area contributed by atoms with Crippen molar-refractivity contribution in [3.8, 4) is 5.75 Å². The van der Waals surface area contributed by atoms with Crippen LogP contribution < -0.4 is 15.0 Å². The molecule has 1 saturated carbocycles. The van der Waals surface area contributed by atoms with Crippen LogP contribution in [0, 0.1) is 23.6 Å². The molecule has 2 aliphatic rings. The standard InChI is InChI=1S/C24H27ClF4N4O2/c25-18-12-30-23(31-13-18)33-6-3-15(4-7-33)20-9-16(20)5-8-35-19-2-1-17(21(26)11-19)10-22(34)32-14-24(27,28)29/h1-2,11-13,15-16,20H,3-10,14H2,(H,32,34)/t16?,20-/m1/s1. The highest BCUT2D eigenvalue weighted by Crippen LogP contribution is 2.49. The fourth-order valence-electron chi connectivity index (χ4n) is 4.70. The van der Waals surface area contributed by atoms with Gasteiger partial charge in [0.05, 0.1) is 30.4 Å². The van der Waals surface area contributed by atoms with E-state index in [0.29, 0.717) is 41.1 Å². The quantitative estimate of drug-likeness (QED) is 0.486. The zero-order chi connectivity index (χ0) is 25.0. The Hall–Kier alpha value is -2.62. The lowest BCUT2D eigenvalue weighted by atomic mass is 9.90. The van der Waals surface area contributed by atoms with Crippen LogP contribution in [0.2, 0.25) is 5.02 Å². The number of alkyl halides is 3. The van der Waals surface area contributed by atoms with Crippen LogP contribution >= 0.6 is 11.6 Å². The summed E-state index contributed by atoms with van der Waals surface area (Å²) in [5.41, 5.74) is 0.0228. The Morgan fingerprint density at radius 1 is 1.20 bits per heavy atom. The monoisotopic (exact) mass is 514 g/mol. The van der Waals surface area contributed by atoms with Crippen LogP contribution in [-0.4, -0.2) is 48.3 Å². The minimum atomic E-state index is -4.50. The number of ether oxygens (including phenoxy) is 1. The molecule has 1 aliphatic carbocycles. The molecule has 0 spiro atoms. The summed E-state index contributed by atoms with van der Waals surface area (Å²) in [6.07, 6.45) is 2.50. The van der Waals surface area contributed by atoms with Crippen LogP contribution in [0.3, 0.4) is 0 Å². The maximum atomic E-state index is 14.3. The van der Waals surface area contributed by atoms with Crippen molar-refractivity contribution in [2.75, 3.05) is 31.1 Å². The zero-order valence-corrected chi connectivity index (χ0v) is 19.8. The molecule has 35 heavy (non-hydrogen) atoms. The fourth-order valence-corrected chi connectivity index (χ4v) is 4.80. The van der Waals surface area contributed by atoms with E-state index < -0.39 is 30.9 Å². The van der Waals surface area contributed by atoms with E-state index in [-0.39, 0.29) is 5.56 Å². The molecule has 190 valence electrons. The van der Waals surface area contributed by atoms with Gasteiger partial charge in [0.2, 0.25) is 11.9 Å². The molecule has 0 bridgehead atoms. The first-order valence-corrected chi connectivity index (χ1v) is 12.0. The lowest BCUT2D eigenvalue weighted by molar-refractivity contribution is -0.138. The van der Waals surface area contributed by atoms with Crippen LogP contribution in [0.5, 0.6) is 5.75 Å². The smallest absolute Gasteiger partial charge is 0.405 e. The Morgan fingerprint density at radius 2 is 1.91 bits per heavy atom. The first-order chi connectivity index (χ1) is 16.7. The number of hydrogen-bond acceptors (Lipinski definition) is 5. The molecule has 2 heterocycles. The Balaban J connectivity index is 1.15. The van der Waals surface area contributed by atoms with Crippen molar-refractivity contribution in [1.82, 2.24) is 15.3 Å². The molecule has 2 fully saturated rings. The molecule has 1 unspecified atom stereocenters. The number of aromatic nitrogens is 2. The van der Waals surface area contributed by atoms with Crippen molar-refractivity contribution in [2.45, 2.75) is 38.3 Å². The normalized spacial score (nSPS) is 20.5. The summed E-state index contributed by atoms with van der Waals surface area (Å²) in [5.74, 6) is 1.44. The van der Waals surface area contributed by atoms with Crippen molar-refractivity contribution < 1.29 is 27.1 Å². The second kappa shape index (κ2) is 11.0. The first kappa shape index (κ1) is 25.5. The minimum Gasteiger partial charge on any atom is -0.493 e. The van der Waals surface area contributed by atoms with Gasteiger partial charge in [-0.05, 0) is 55.1 Å². The van der Waals surface area contributed by atoms with Gasteiger partial charge in [-0.15, -0.1) is 0 Å². The van der Waals surface area contributed by atoms with Gasteiger partial charge in [-0.25, -0.2) is 14.4 Å². The highest BCUT2D eigenvalue weighted by atomic mass is 35.5. The van der Waals surface area contributed by atoms with Crippen LogP contribution in [0.1, 0.15) is 31.2 Å². The predicted molar refractivity (Wildman–Crippen MR) is 123 cm³/mol. The maximum absolute atomic E-state index is 14.3. The predicted octanol–water partition coefficient (Wildman–Crippen LogP) is 4.81. The van der Waals surface area contributed by atoms with Crippen LogP contribution in [-0.2, 0) is 11.2 Å². The fraction of sp³-hybridized carbons (Fsp3) is 0.542. The largest absolute Gasteiger partial charge is 0.493 e. The molecule has 2 aromatic rings. The summed E-state index contributed by atoms with van der Waals surface area (Å²) in [6, 6.07) is 4.08. The van der Waals surface area contributed by atoms with Gasteiger partial charge in [0.1, 0.15) is 18.1 Å². The molecule has 1 N–H and O–H groups in total. The van der Waals surface area contributed by atoms with E-state index in [9.17, 15) is 22.4 Å². The summed E-state index contributed by atoms with van der Waals surface area (Å²) in [6.45, 7) is 0.869. The number of benzene rings is 1. The molecular formula is C24H27ClF4N4O2. The van der Waals surface area contributed by atoms with Crippen molar-refractivity contribution in [3.63, 3.8) is 0 Å². The van der Waals surface area contributed by atoms with E-state index in [2.05, 4.69) is 14.9 Å². The summed E-state index contributed by atoms with van der Waals surface area (Å²) in [7, 11) is 0. The molecule has 4 rings (SSSR count). The Morgan fingerprint density at radius 3 is 2.57 bits per heavy atom. The molecule has 1 amide bonds. The maximum Gasteiger partial charge on any atom is 0.405 e. The number of rotatable bonds is 9. The Kier molecular flexibility index (Phi) is 7.98. The van der Waals surface area contributed by atoms with Gasteiger partial charge in [-0.1, -0.05) is 17.7 Å². The minimum absolute atomic E-state index is 0.0228. The van der Waals surface area contributed by atoms with Gasteiger partial charge in [-0.3, -0.25) is 4.79 Å². The Bertz CT molecular complexity index is 1010. The number of hydrogen-bond donors (Lipinski definition) is 1. The highest BCUT2D eigenvalue weighted by Gasteiger charge is 2.43. The third kappa shape index (κ3) is 7.43. The topological polar surface area (TPSA) is 67.3 Å². The molecule has 1 aromatic carbocycles. The number of nitrogens with one attached hydrogen (secondary N) is 1. The lowest BCUT2D eigenvalue weighted by Crippen LogP contribution is -2.35. The molecule has 1 aromatic heterocycles. The highest BCUT2D eigenvalue weighted by molar-refractivity contribution is 6.30. The van der Waals surface area contributed by atoms with Crippen molar-refractivity contribution in [3.05, 3.63) is 47.0 Å². The molecular weight excluding hydrogens is 488 g/mol. The average molecular weight is 515 g/mol. The van der Waals surface area contributed by atoms with Gasteiger partial charge >= 0.3 is 6.18 Å². The van der Waals surface area contributed by atoms with Crippen LogP contribution in [0.25, 0.3) is 0 Å². The molecule has 6 nitrogen and oxygen atoms in total. The number of piperidine rings is 1. The zero-order valence-electron chi connectivity index (χ0n) is 19.0. The van der Waals surface area contributed by atoms with Gasteiger partial charge in [-0.2, -0.15) is 13.2 Å². The summed E-state index contributed by atoms with van der Waals surface area (Å²) < 4.78 is 56.5. The van der Waals surface area contributed by atoms with Crippen LogP contribution in [0.15, 0.2) is 30.6 Å².